The third-order valence-electron chi connectivity index (χ3n) is 4.46. The first-order valence-electron chi connectivity index (χ1n) is 10.2. The average Bonchev–Trinajstić information content (AvgIpc) is 3.10. The summed E-state index contributed by atoms with van der Waals surface area (Å²) in [5.74, 6) is 2.09. The van der Waals surface area contributed by atoms with E-state index in [0.29, 0.717) is 17.5 Å². The number of hydrogen-bond donors (Lipinski definition) is 0. The molecule has 5 nitrogen and oxygen atoms in total. The minimum atomic E-state index is 0.0351. The molecule has 1 fully saturated rings. The predicted octanol–water partition coefficient (Wildman–Crippen LogP) is 5.81. The summed E-state index contributed by atoms with van der Waals surface area (Å²) in [4.78, 5) is 18.8. The van der Waals surface area contributed by atoms with Gasteiger partial charge in [-0.15, -0.1) is 0 Å². The first-order chi connectivity index (χ1) is 14.2. The highest BCUT2D eigenvalue weighted by Crippen LogP contribution is 2.30. The maximum atomic E-state index is 12.4. The van der Waals surface area contributed by atoms with Crippen LogP contribution in [0.15, 0.2) is 53.5 Å². The Hall–Kier alpha value is -2.47. The van der Waals surface area contributed by atoms with E-state index < -0.39 is 0 Å². The summed E-state index contributed by atoms with van der Waals surface area (Å²) < 4.78 is 11.4. The fourth-order valence-corrected chi connectivity index (χ4v) is 3.67. The topological polar surface area (TPSA) is 51.1 Å². The zero-order chi connectivity index (χ0) is 20.5. The van der Waals surface area contributed by atoms with Crippen LogP contribution in [0, 0.1) is 0 Å². The van der Waals surface area contributed by atoms with Crippen LogP contribution in [0.5, 0.6) is 11.5 Å². The Bertz CT molecular complexity index is 819. The summed E-state index contributed by atoms with van der Waals surface area (Å²) >= 11 is 1.45. The molecule has 0 radical (unpaired) electrons. The summed E-state index contributed by atoms with van der Waals surface area (Å²) in [5.41, 5.74) is 1.61. The van der Waals surface area contributed by atoms with Gasteiger partial charge in [0.2, 0.25) is 5.91 Å². The molecular weight excluding hydrogens is 384 g/mol. The first kappa shape index (κ1) is 21.2. The summed E-state index contributed by atoms with van der Waals surface area (Å²) in [6.45, 7) is 5.71. The molecule has 0 bridgehead atoms. The number of hydrogen-bond acceptors (Lipinski definition) is 5. The molecule has 1 saturated heterocycles. The number of benzene rings is 2. The minimum Gasteiger partial charge on any atom is -0.494 e. The molecule has 1 aliphatic heterocycles. The van der Waals surface area contributed by atoms with Crippen molar-refractivity contribution in [1.82, 2.24) is 0 Å². The highest BCUT2D eigenvalue weighted by Gasteiger charge is 2.29. The molecule has 6 heteroatoms. The molecular formula is C23H28N2O3S. The molecule has 0 aliphatic carbocycles. The lowest BCUT2D eigenvalue weighted by Gasteiger charge is -2.16. The molecule has 29 heavy (non-hydrogen) atoms. The number of amidine groups is 1. The zero-order valence-corrected chi connectivity index (χ0v) is 17.9. The average molecular weight is 413 g/mol. The van der Waals surface area contributed by atoms with Crippen molar-refractivity contribution < 1.29 is 14.3 Å². The molecule has 0 saturated carbocycles. The molecule has 0 aromatic heterocycles. The van der Waals surface area contributed by atoms with Crippen molar-refractivity contribution in [3.8, 4) is 11.5 Å². The quantitative estimate of drug-likeness (QED) is 0.462. The fraction of sp³-hybridized carbons (Fsp3) is 0.391. The third kappa shape index (κ3) is 6.00. The normalized spacial score (nSPS) is 15.2. The Labute approximate surface area is 177 Å². The molecule has 154 valence electrons. The van der Waals surface area contributed by atoms with Gasteiger partial charge in [-0.3, -0.25) is 9.69 Å². The van der Waals surface area contributed by atoms with E-state index in [0.717, 1.165) is 55.2 Å². The number of anilines is 1. The van der Waals surface area contributed by atoms with Crippen LogP contribution < -0.4 is 14.4 Å². The number of carbonyl (C=O) groups excluding carboxylic acids is 1. The summed E-state index contributed by atoms with van der Waals surface area (Å²) in [7, 11) is 0. The van der Waals surface area contributed by atoms with E-state index in [1.54, 1.807) is 4.90 Å². The lowest BCUT2D eigenvalue weighted by atomic mass is 10.2. The van der Waals surface area contributed by atoms with Gasteiger partial charge in [0.05, 0.1) is 30.3 Å². The van der Waals surface area contributed by atoms with E-state index >= 15 is 0 Å². The van der Waals surface area contributed by atoms with E-state index in [-0.39, 0.29) is 5.91 Å². The van der Waals surface area contributed by atoms with Gasteiger partial charge in [-0.25, -0.2) is 4.99 Å². The van der Waals surface area contributed by atoms with E-state index in [1.807, 2.05) is 48.5 Å². The number of nitrogens with zero attached hydrogens (tertiary/aromatic N) is 2. The molecule has 1 amide bonds. The molecule has 2 aromatic rings. The number of unbranched alkanes of at least 4 members (excludes halogenated alkanes) is 2. The Morgan fingerprint density at radius 2 is 1.45 bits per heavy atom. The summed E-state index contributed by atoms with van der Waals surface area (Å²) in [5, 5.41) is 0.689. The second-order valence-electron chi connectivity index (χ2n) is 6.80. The standard InChI is InChI=1S/C23H28N2O3S/c1-3-5-15-27-20-11-7-18(8-12-20)24-23-25(22(26)17-29-23)19-9-13-21(14-10-19)28-16-6-4-2/h7-14H,3-6,15-17H2,1-2H3. The molecule has 2 aromatic carbocycles. The van der Waals surface area contributed by atoms with Crippen LogP contribution in [0.2, 0.25) is 0 Å². The number of thioether (sulfide) groups is 1. The minimum absolute atomic E-state index is 0.0351. The largest absolute Gasteiger partial charge is 0.494 e. The lowest BCUT2D eigenvalue weighted by Crippen LogP contribution is -2.29. The van der Waals surface area contributed by atoms with Crippen LogP contribution in [0.25, 0.3) is 0 Å². The van der Waals surface area contributed by atoms with Gasteiger partial charge in [-0.1, -0.05) is 38.5 Å². The fourth-order valence-electron chi connectivity index (χ4n) is 2.79. The number of carbonyl (C=O) groups is 1. The second kappa shape index (κ2) is 10.9. The van der Waals surface area contributed by atoms with Gasteiger partial charge >= 0.3 is 0 Å². The van der Waals surface area contributed by atoms with Crippen LogP contribution >= 0.6 is 11.8 Å². The van der Waals surface area contributed by atoms with Crippen molar-refractivity contribution in [3.05, 3.63) is 48.5 Å². The van der Waals surface area contributed by atoms with Gasteiger partial charge in [0.25, 0.3) is 0 Å². The van der Waals surface area contributed by atoms with Crippen molar-refractivity contribution in [2.75, 3.05) is 23.9 Å². The lowest BCUT2D eigenvalue weighted by molar-refractivity contribution is -0.115. The Kier molecular flexibility index (Phi) is 7.99. The van der Waals surface area contributed by atoms with Crippen LogP contribution in [0.1, 0.15) is 39.5 Å². The Morgan fingerprint density at radius 3 is 2.00 bits per heavy atom. The van der Waals surface area contributed by atoms with Crippen molar-refractivity contribution in [2.45, 2.75) is 39.5 Å². The first-order valence-corrected chi connectivity index (χ1v) is 11.2. The van der Waals surface area contributed by atoms with Gasteiger partial charge in [0.15, 0.2) is 5.17 Å². The number of amides is 1. The van der Waals surface area contributed by atoms with Gasteiger partial charge in [-0.2, -0.15) is 0 Å². The molecule has 0 spiro atoms. The van der Waals surface area contributed by atoms with Crippen molar-refractivity contribution in [3.63, 3.8) is 0 Å². The summed E-state index contributed by atoms with van der Waals surface area (Å²) in [6, 6.07) is 15.3. The van der Waals surface area contributed by atoms with Gasteiger partial charge < -0.3 is 9.47 Å². The maximum Gasteiger partial charge on any atom is 0.243 e. The van der Waals surface area contributed by atoms with E-state index in [2.05, 4.69) is 18.8 Å². The van der Waals surface area contributed by atoms with E-state index in [4.69, 9.17) is 9.47 Å². The van der Waals surface area contributed by atoms with Crippen LogP contribution in [-0.2, 0) is 4.79 Å². The Morgan fingerprint density at radius 1 is 0.897 bits per heavy atom. The van der Waals surface area contributed by atoms with E-state index in [1.165, 1.54) is 11.8 Å². The van der Waals surface area contributed by atoms with E-state index in [9.17, 15) is 4.79 Å². The molecule has 1 aliphatic rings. The monoisotopic (exact) mass is 412 g/mol. The van der Waals surface area contributed by atoms with Crippen LogP contribution in [-0.4, -0.2) is 30.0 Å². The Balaban J connectivity index is 1.69. The van der Waals surface area contributed by atoms with Gasteiger partial charge in [-0.05, 0) is 61.4 Å². The van der Waals surface area contributed by atoms with Crippen molar-refractivity contribution in [1.29, 1.82) is 0 Å². The molecule has 1 heterocycles. The smallest absolute Gasteiger partial charge is 0.243 e. The SMILES string of the molecule is CCCCOc1ccc(N=C2SCC(=O)N2c2ccc(OCCCC)cc2)cc1. The highest BCUT2D eigenvalue weighted by molar-refractivity contribution is 8.15. The number of rotatable bonds is 10. The van der Waals surface area contributed by atoms with Gasteiger partial charge in [0, 0.05) is 0 Å². The van der Waals surface area contributed by atoms with Crippen LogP contribution in [0.3, 0.4) is 0 Å². The predicted molar refractivity (Wildman–Crippen MR) is 121 cm³/mol. The zero-order valence-electron chi connectivity index (χ0n) is 17.1. The molecule has 3 rings (SSSR count). The molecule has 0 N–H and O–H groups in total. The van der Waals surface area contributed by atoms with Crippen molar-refractivity contribution >= 4 is 34.2 Å². The van der Waals surface area contributed by atoms with Crippen molar-refractivity contribution in [2.24, 2.45) is 4.99 Å². The number of aliphatic imine (C=N–C) groups is 1. The second-order valence-corrected chi connectivity index (χ2v) is 7.75. The molecule has 0 unspecified atom stereocenters. The highest BCUT2D eigenvalue weighted by atomic mass is 32.2. The molecule has 0 atom stereocenters. The van der Waals surface area contributed by atoms with Gasteiger partial charge in [0.1, 0.15) is 11.5 Å². The third-order valence-corrected chi connectivity index (χ3v) is 5.38. The number of ether oxygens (including phenoxy) is 2. The maximum absolute atomic E-state index is 12.4. The van der Waals surface area contributed by atoms with Crippen LogP contribution in [0.4, 0.5) is 11.4 Å². The summed E-state index contributed by atoms with van der Waals surface area (Å²) in [6.07, 6.45) is 4.28.